The van der Waals surface area contributed by atoms with Crippen LogP contribution in [0.2, 0.25) is 0 Å². The van der Waals surface area contributed by atoms with Crippen molar-refractivity contribution in [2.45, 2.75) is 51.4 Å². The van der Waals surface area contributed by atoms with Gasteiger partial charge in [0.2, 0.25) is 0 Å². The summed E-state index contributed by atoms with van der Waals surface area (Å²) >= 11 is 0. The molecule has 1 fully saturated rings. The van der Waals surface area contributed by atoms with Crippen molar-refractivity contribution in [3.05, 3.63) is 0 Å². The summed E-state index contributed by atoms with van der Waals surface area (Å²) < 4.78 is 11.1. The number of hydrogen-bond donors (Lipinski definition) is 1. The number of ether oxygens (including phenoxy) is 2. The van der Waals surface area contributed by atoms with Gasteiger partial charge in [0.1, 0.15) is 6.10 Å². The Balaban J connectivity index is 2.23. The predicted octanol–water partition coefficient (Wildman–Crippen LogP) is 1.69. The quantitative estimate of drug-likeness (QED) is 0.667. The van der Waals surface area contributed by atoms with Gasteiger partial charge in [0, 0.05) is 6.42 Å². The zero-order chi connectivity index (χ0) is 9.73. The molecule has 0 aliphatic carbocycles. The fourth-order valence-corrected chi connectivity index (χ4v) is 1.61. The predicted molar refractivity (Wildman–Crippen MR) is 50.5 cm³/mol. The summed E-state index contributed by atoms with van der Waals surface area (Å²) in [5, 5.41) is 8.86. The van der Waals surface area contributed by atoms with E-state index < -0.39 is 5.79 Å². The summed E-state index contributed by atoms with van der Waals surface area (Å²) in [6, 6.07) is 0. The first-order chi connectivity index (χ1) is 6.20. The van der Waals surface area contributed by atoms with Crippen LogP contribution in [0.1, 0.15) is 39.5 Å². The topological polar surface area (TPSA) is 38.7 Å². The lowest BCUT2D eigenvalue weighted by molar-refractivity contribution is -0.162. The van der Waals surface area contributed by atoms with Crippen molar-refractivity contribution in [2.24, 2.45) is 0 Å². The maximum atomic E-state index is 8.86. The van der Waals surface area contributed by atoms with Crippen LogP contribution in [0.3, 0.4) is 0 Å². The molecule has 0 radical (unpaired) electrons. The van der Waals surface area contributed by atoms with Crippen molar-refractivity contribution in [1.82, 2.24) is 0 Å². The van der Waals surface area contributed by atoms with E-state index in [0.717, 1.165) is 12.8 Å². The van der Waals surface area contributed by atoms with Crippen LogP contribution in [0, 0.1) is 0 Å². The first-order valence-electron chi connectivity index (χ1n) is 5.13. The van der Waals surface area contributed by atoms with Gasteiger partial charge in [-0.2, -0.15) is 0 Å². The molecule has 0 spiro atoms. The standard InChI is InChI=1S/C10H20O3/c1-3-4-5-6-10(2)12-8-9(7-11)13-10/h9,11H,3-8H2,1-2H3/t9-,10-/m0/s1. The highest BCUT2D eigenvalue weighted by Gasteiger charge is 2.35. The summed E-state index contributed by atoms with van der Waals surface area (Å²) in [6.07, 6.45) is 4.36. The molecule has 3 heteroatoms. The van der Waals surface area contributed by atoms with E-state index in [2.05, 4.69) is 6.92 Å². The lowest BCUT2D eigenvalue weighted by atomic mass is 10.1. The summed E-state index contributed by atoms with van der Waals surface area (Å²) in [6.45, 7) is 4.72. The van der Waals surface area contributed by atoms with Crippen molar-refractivity contribution >= 4 is 0 Å². The van der Waals surface area contributed by atoms with Gasteiger partial charge in [0.05, 0.1) is 13.2 Å². The third-order valence-electron chi connectivity index (χ3n) is 2.43. The van der Waals surface area contributed by atoms with Crippen LogP contribution in [0.25, 0.3) is 0 Å². The third-order valence-corrected chi connectivity index (χ3v) is 2.43. The summed E-state index contributed by atoms with van der Waals surface area (Å²) in [4.78, 5) is 0. The SMILES string of the molecule is CCCCC[C@@]1(C)OC[C@H](CO)O1. The minimum atomic E-state index is -0.442. The Labute approximate surface area is 80.0 Å². The van der Waals surface area contributed by atoms with Crippen molar-refractivity contribution in [3.63, 3.8) is 0 Å². The van der Waals surface area contributed by atoms with E-state index in [-0.39, 0.29) is 12.7 Å². The minimum absolute atomic E-state index is 0.0589. The molecule has 0 saturated carbocycles. The van der Waals surface area contributed by atoms with E-state index in [0.29, 0.717) is 6.61 Å². The van der Waals surface area contributed by atoms with Gasteiger partial charge in [-0.25, -0.2) is 0 Å². The third kappa shape index (κ3) is 3.25. The molecule has 2 atom stereocenters. The maximum absolute atomic E-state index is 8.86. The molecule has 1 aliphatic heterocycles. The largest absolute Gasteiger partial charge is 0.394 e. The number of rotatable bonds is 5. The van der Waals surface area contributed by atoms with Gasteiger partial charge in [0.15, 0.2) is 5.79 Å². The molecule has 1 saturated heterocycles. The Morgan fingerprint density at radius 2 is 2.23 bits per heavy atom. The zero-order valence-electron chi connectivity index (χ0n) is 8.58. The maximum Gasteiger partial charge on any atom is 0.166 e. The van der Waals surface area contributed by atoms with Crippen molar-refractivity contribution in [3.8, 4) is 0 Å². The van der Waals surface area contributed by atoms with Crippen LogP contribution in [0.4, 0.5) is 0 Å². The van der Waals surface area contributed by atoms with Crippen LogP contribution in [-0.2, 0) is 9.47 Å². The number of aliphatic hydroxyl groups is 1. The minimum Gasteiger partial charge on any atom is -0.394 e. The molecule has 1 rings (SSSR count). The Morgan fingerprint density at radius 3 is 2.77 bits per heavy atom. The lowest BCUT2D eigenvalue weighted by Crippen LogP contribution is -2.27. The molecule has 3 nitrogen and oxygen atoms in total. The molecule has 0 bridgehead atoms. The van der Waals surface area contributed by atoms with E-state index in [1.54, 1.807) is 0 Å². The van der Waals surface area contributed by atoms with Gasteiger partial charge in [0.25, 0.3) is 0 Å². The summed E-state index contributed by atoms with van der Waals surface area (Å²) in [5.41, 5.74) is 0. The smallest absolute Gasteiger partial charge is 0.166 e. The lowest BCUT2D eigenvalue weighted by Gasteiger charge is -2.22. The first-order valence-corrected chi connectivity index (χ1v) is 5.13. The van der Waals surface area contributed by atoms with Crippen LogP contribution in [0.15, 0.2) is 0 Å². The number of hydrogen-bond acceptors (Lipinski definition) is 3. The Kier molecular flexibility index (Phi) is 4.16. The van der Waals surface area contributed by atoms with E-state index in [9.17, 15) is 0 Å². The molecular weight excluding hydrogens is 168 g/mol. The van der Waals surface area contributed by atoms with Gasteiger partial charge < -0.3 is 14.6 Å². The van der Waals surface area contributed by atoms with Crippen molar-refractivity contribution in [1.29, 1.82) is 0 Å². The molecule has 1 N–H and O–H groups in total. The fourth-order valence-electron chi connectivity index (χ4n) is 1.61. The summed E-state index contributed by atoms with van der Waals surface area (Å²) in [7, 11) is 0. The van der Waals surface area contributed by atoms with E-state index in [4.69, 9.17) is 14.6 Å². The normalized spacial score (nSPS) is 33.9. The Bertz CT molecular complexity index is 149. The van der Waals surface area contributed by atoms with Gasteiger partial charge in [-0.3, -0.25) is 0 Å². The second kappa shape index (κ2) is 4.94. The molecule has 0 aromatic carbocycles. The van der Waals surface area contributed by atoms with Crippen LogP contribution < -0.4 is 0 Å². The monoisotopic (exact) mass is 188 g/mol. The Hall–Kier alpha value is -0.120. The average Bonchev–Trinajstić information content (AvgIpc) is 2.49. The molecular formula is C10H20O3. The highest BCUT2D eigenvalue weighted by molar-refractivity contribution is 4.74. The molecule has 1 aliphatic rings. The van der Waals surface area contributed by atoms with Crippen LogP contribution >= 0.6 is 0 Å². The van der Waals surface area contributed by atoms with Crippen LogP contribution in [0.5, 0.6) is 0 Å². The molecule has 78 valence electrons. The van der Waals surface area contributed by atoms with Crippen LogP contribution in [-0.4, -0.2) is 30.2 Å². The van der Waals surface area contributed by atoms with Crippen molar-refractivity contribution in [2.75, 3.05) is 13.2 Å². The fraction of sp³-hybridized carbons (Fsp3) is 1.00. The second-order valence-electron chi connectivity index (χ2n) is 3.82. The molecule has 1 heterocycles. The van der Waals surface area contributed by atoms with E-state index >= 15 is 0 Å². The first kappa shape index (κ1) is 11.0. The average molecular weight is 188 g/mol. The zero-order valence-corrected chi connectivity index (χ0v) is 8.58. The Morgan fingerprint density at radius 1 is 1.46 bits per heavy atom. The molecule has 0 aromatic rings. The van der Waals surface area contributed by atoms with E-state index in [1.165, 1.54) is 12.8 Å². The van der Waals surface area contributed by atoms with Crippen molar-refractivity contribution < 1.29 is 14.6 Å². The molecule has 0 aromatic heterocycles. The van der Waals surface area contributed by atoms with Gasteiger partial charge in [-0.05, 0) is 13.3 Å². The van der Waals surface area contributed by atoms with Gasteiger partial charge >= 0.3 is 0 Å². The second-order valence-corrected chi connectivity index (χ2v) is 3.82. The summed E-state index contributed by atoms with van der Waals surface area (Å²) in [5.74, 6) is -0.442. The highest BCUT2D eigenvalue weighted by atomic mass is 16.7. The number of unbranched alkanes of at least 4 members (excludes halogenated alkanes) is 2. The van der Waals surface area contributed by atoms with E-state index in [1.807, 2.05) is 6.92 Å². The number of aliphatic hydroxyl groups excluding tert-OH is 1. The molecule has 0 amide bonds. The highest BCUT2D eigenvalue weighted by Crippen LogP contribution is 2.28. The molecule has 13 heavy (non-hydrogen) atoms. The van der Waals surface area contributed by atoms with Gasteiger partial charge in [-0.1, -0.05) is 19.8 Å². The molecule has 0 unspecified atom stereocenters. The van der Waals surface area contributed by atoms with Gasteiger partial charge in [-0.15, -0.1) is 0 Å².